The van der Waals surface area contributed by atoms with Crippen molar-refractivity contribution in [3.63, 3.8) is 0 Å². The molecule has 4 heterocycles. The second-order valence-electron chi connectivity index (χ2n) is 7.97. The number of piperidine rings is 1. The average molecular weight is 343 g/mol. The Hall–Kier alpha value is -2.39. The smallest absolute Gasteiger partial charge is 0.0529 e. The first-order valence-corrected chi connectivity index (χ1v) is 9.57. The number of hydrogen-bond acceptors (Lipinski definition) is 2. The second-order valence-corrected chi connectivity index (χ2v) is 7.97. The van der Waals surface area contributed by atoms with Gasteiger partial charge in [-0.25, -0.2) is 0 Å². The van der Waals surface area contributed by atoms with Crippen LogP contribution < -0.4 is 0 Å². The van der Waals surface area contributed by atoms with E-state index in [1.165, 1.54) is 52.7 Å². The molecule has 1 saturated heterocycles. The predicted molar refractivity (Wildman–Crippen MR) is 108 cm³/mol. The number of allylic oxidation sites excluding steroid dienone is 1. The molecule has 0 spiro atoms. The van der Waals surface area contributed by atoms with Crippen LogP contribution >= 0.6 is 0 Å². The normalized spacial score (nSPS) is 22.8. The predicted octanol–water partition coefficient (Wildman–Crippen LogP) is 5.23. The second kappa shape index (κ2) is 5.82. The Kier molecular flexibility index (Phi) is 3.54. The minimum absolute atomic E-state index is 0.532. The summed E-state index contributed by atoms with van der Waals surface area (Å²) in [5, 5.41) is 1.46. The molecule has 0 N–H and O–H groups in total. The Balaban J connectivity index is 1.78. The molecule has 132 valence electrons. The summed E-state index contributed by atoms with van der Waals surface area (Å²) in [5.41, 5.74) is 8.33. The van der Waals surface area contributed by atoms with Crippen LogP contribution in [0.4, 0.5) is 0 Å². The highest BCUT2D eigenvalue weighted by atomic mass is 15.2. The third kappa shape index (κ3) is 2.27. The topological polar surface area (TPSA) is 21.1 Å². The minimum Gasteiger partial charge on any atom is -0.318 e. The lowest BCUT2D eigenvalue weighted by Crippen LogP contribution is -2.40. The molecule has 2 atom stereocenters. The maximum atomic E-state index is 4.16. The molecule has 6 rings (SSSR count). The molecule has 0 radical (unpaired) electrons. The number of pyridine rings is 1. The first kappa shape index (κ1) is 15.8. The van der Waals surface area contributed by atoms with Crippen molar-refractivity contribution in [2.45, 2.75) is 38.6 Å². The Bertz CT molecular complexity index is 1010. The van der Waals surface area contributed by atoms with E-state index in [2.05, 4.69) is 71.9 Å². The molecule has 1 aromatic carbocycles. The minimum atomic E-state index is 0.532. The van der Waals surface area contributed by atoms with E-state index in [-0.39, 0.29) is 0 Å². The summed E-state index contributed by atoms with van der Waals surface area (Å²) in [7, 11) is 2.28. The number of rotatable bonds is 2. The van der Waals surface area contributed by atoms with Gasteiger partial charge in [0.2, 0.25) is 0 Å². The molecule has 2 bridgehead atoms. The van der Waals surface area contributed by atoms with Crippen molar-refractivity contribution in [2.75, 3.05) is 13.6 Å². The van der Waals surface area contributed by atoms with Crippen molar-refractivity contribution in [3.8, 4) is 0 Å². The van der Waals surface area contributed by atoms with Crippen LogP contribution in [0.25, 0.3) is 22.7 Å². The summed E-state index contributed by atoms with van der Waals surface area (Å²) in [6, 6.07) is 11.6. The highest BCUT2D eigenvalue weighted by Gasteiger charge is 2.40. The van der Waals surface area contributed by atoms with Crippen molar-refractivity contribution in [3.05, 3.63) is 65.1 Å². The zero-order valence-corrected chi connectivity index (χ0v) is 15.7. The summed E-state index contributed by atoms with van der Waals surface area (Å²) in [4.78, 5) is 6.70. The van der Waals surface area contributed by atoms with Gasteiger partial charge in [0.05, 0.1) is 11.6 Å². The van der Waals surface area contributed by atoms with Gasteiger partial charge in [-0.3, -0.25) is 9.88 Å². The monoisotopic (exact) mass is 343 g/mol. The molecule has 2 unspecified atom stereocenters. The fourth-order valence-corrected chi connectivity index (χ4v) is 4.99. The molecular weight excluding hydrogens is 318 g/mol. The van der Waals surface area contributed by atoms with Crippen LogP contribution in [0.2, 0.25) is 0 Å². The lowest BCUT2D eigenvalue weighted by molar-refractivity contribution is 0.142. The number of nitrogens with zero attached hydrogens (tertiary/aromatic N) is 3. The molecule has 26 heavy (non-hydrogen) atoms. The first-order chi connectivity index (χ1) is 12.6. The van der Waals surface area contributed by atoms with Crippen LogP contribution in [-0.2, 0) is 0 Å². The van der Waals surface area contributed by atoms with Crippen LogP contribution in [0, 0.1) is 6.92 Å². The van der Waals surface area contributed by atoms with E-state index in [0.717, 1.165) is 0 Å². The molecule has 0 saturated carbocycles. The molecule has 2 aromatic heterocycles. The van der Waals surface area contributed by atoms with Gasteiger partial charge >= 0.3 is 0 Å². The van der Waals surface area contributed by atoms with Gasteiger partial charge < -0.3 is 4.57 Å². The van der Waals surface area contributed by atoms with Crippen LogP contribution in [0.15, 0.2) is 42.7 Å². The number of aromatic nitrogens is 2. The van der Waals surface area contributed by atoms with Gasteiger partial charge in [-0.1, -0.05) is 11.6 Å². The van der Waals surface area contributed by atoms with Gasteiger partial charge in [0.1, 0.15) is 0 Å². The zero-order valence-electron chi connectivity index (χ0n) is 15.7. The summed E-state index contributed by atoms with van der Waals surface area (Å²) in [6.45, 7) is 5.60. The van der Waals surface area contributed by atoms with Gasteiger partial charge in [0.15, 0.2) is 0 Å². The fourth-order valence-electron chi connectivity index (χ4n) is 4.99. The van der Waals surface area contributed by atoms with Crippen LogP contribution in [0.1, 0.15) is 54.1 Å². The Morgan fingerprint density at radius 1 is 1.15 bits per heavy atom. The summed E-state index contributed by atoms with van der Waals surface area (Å²) in [5.74, 6) is 0.667. The maximum Gasteiger partial charge on any atom is 0.0529 e. The van der Waals surface area contributed by atoms with Crippen molar-refractivity contribution in [2.24, 2.45) is 0 Å². The number of aryl methyl sites for hydroxylation is 1. The van der Waals surface area contributed by atoms with E-state index in [4.69, 9.17) is 0 Å². The van der Waals surface area contributed by atoms with Crippen molar-refractivity contribution < 1.29 is 0 Å². The third-order valence-electron chi connectivity index (χ3n) is 6.25. The lowest BCUT2D eigenvalue weighted by atomic mass is 9.77. The van der Waals surface area contributed by atoms with Crippen LogP contribution in [0.3, 0.4) is 0 Å². The van der Waals surface area contributed by atoms with E-state index in [1.54, 1.807) is 5.56 Å². The molecular formula is C23H25N3. The highest BCUT2D eigenvalue weighted by Crippen LogP contribution is 2.50. The number of fused-ring (bicyclic) bond motifs is 3. The standard InChI is InChI=1S/C23H25N3/c1-15-4-6-20-19(12-15)22-18-5-7-21(25(3)14-18)23(22)26(20)13-16(2)17-8-10-24-11-9-17/h4,6,8-13,18,21H,5,7,14H2,1-3H3/b16-13+. The molecule has 1 aliphatic carbocycles. The van der Waals surface area contributed by atoms with Gasteiger partial charge in [-0.2, -0.15) is 0 Å². The maximum absolute atomic E-state index is 4.16. The number of hydrogen-bond donors (Lipinski definition) is 0. The SMILES string of the molecule is C/C(=C\n1c2c(c3cc(C)ccc31)C1CCC2N(C)C1)c1ccncc1. The van der Waals surface area contributed by atoms with Crippen LogP contribution in [0.5, 0.6) is 0 Å². The van der Waals surface area contributed by atoms with Crippen molar-refractivity contribution >= 4 is 22.7 Å². The Morgan fingerprint density at radius 2 is 1.96 bits per heavy atom. The van der Waals surface area contributed by atoms with Gasteiger partial charge in [0, 0.05) is 36.2 Å². The van der Waals surface area contributed by atoms with Crippen molar-refractivity contribution in [1.29, 1.82) is 0 Å². The number of benzene rings is 1. The van der Waals surface area contributed by atoms with E-state index in [0.29, 0.717) is 12.0 Å². The molecule has 3 aromatic rings. The fraction of sp³-hybridized carbons (Fsp3) is 0.348. The molecule has 1 fully saturated rings. The van der Waals surface area contributed by atoms with E-state index in [1.807, 2.05) is 12.4 Å². The molecule has 2 aliphatic heterocycles. The van der Waals surface area contributed by atoms with E-state index < -0.39 is 0 Å². The highest BCUT2D eigenvalue weighted by molar-refractivity contribution is 5.91. The average Bonchev–Trinajstić information content (AvgIpc) is 2.98. The molecule has 3 heteroatoms. The summed E-state index contributed by atoms with van der Waals surface area (Å²) in [6.07, 6.45) is 8.66. The zero-order chi connectivity index (χ0) is 17.8. The number of likely N-dealkylation sites (N-methyl/N-ethyl adjacent to an activating group) is 1. The Labute approximate surface area is 155 Å². The van der Waals surface area contributed by atoms with Gasteiger partial charge in [-0.05, 0) is 80.6 Å². The molecule has 0 amide bonds. The quantitative estimate of drug-likeness (QED) is 0.635. The molecule has 3 aliphatic rings. The van der Waals surface area contributed by atoms with E-state index >= 15 is 0 Å². The van der Waals surface area contributed by atoms with Crippen LogP contribution in [-0.4, -0.2) is 28.0 Å². The third-order valence-corrected chi connectivity index (χ3v) is 6.25. The largest absolute Gasteiger partial charge is 0.318 e. The molecule has 3 nitrogen and oxygen atoms in total. The summed E-state index contributed by atoms with van der Waals surface area (Å²) < 4.78 is 2.48. The van der Waals surface area contributed by atoms with Gasteiger partial charge in [-0.15, -0.1) is 0 Å². The Morgan fingerprint density at radius 3 is 2.73 bits per heavy atom. The summed E-state index contributed by atoms with van der Waals surface area (Å²) >= 11 is 0. The first-order valence-electron chi connectivity index (χ1n) is 9.57. The van der Waals surface area contributed by atoms with E-state index in [9.17, 15) is 0 Å². The van der Waals surface area contributed by atoms with Crippen molar-refractivity contribution in [1.82, 2.24) is 14.5 Å². The lowest BCUT2D eigenvalue weighted by Gasteiger charge is -2.44. The van der Waals surface area contributed by atoms with Gasteiger partial charge in [0.25, 0.3) is 0 Å².